The van der Waals surface area contributed by atoms with Gasteiger partial charge in [-0.05, 0) is 124 Å². The number of hydrogen-bond donors (Lipinski definition) is 0. The molecule has 10 rings (SSSR count). The van der Waals surface area contributed by atoms with E-state index in [0.717, 1.165) is 0 Å². The van der Waals surface area contributed by atoms with Gasteiger partial charge in [0.2, 0.25) is 0 Å². The molecule has 0 saturated carbocycles. The first-order valence-corrected chi connectivity index (χ1v) is 19.2. The van der Waals surface area contributed by atoms with Crippen molar-refractivity contribution in [1.82, 2.24) is 0 Å². The fraction of sp³-hybridized carbons (Fsp3) is 0.111. The molecule has 0 heterocycles. The van der Waals surface area contributed by atoms with Crippen LogP contribution in [0.15, 0.2) is 182 Å². The summed E-state index contributed by atoms with van der Waals surface area (Å²) in [4.78, 5) is 0. The summed E-state index contributed by atoms with van der Waals surface area (Å²) >= 11 is 0. The molecule has 0 aromatic heterocycles. The molecule has 0 aliphatic heterocycles. The Morgan fingerprint density at radius 1 is 0.222 bits per heavy atom. The van der Waals surface area contributed by atoms with E-state index >= 15 is 0 Å². The third kappa shape index (κ3) is 4.97. The molecule has 0 heteroatoms. The highest BCUT2D eigenvalue weighted by Gasteiger charge is 2.38. The minimum absolute atomic E-state index is 0.128. The van der Waals surface area contributed by atoms with Gasteiger partial charge in [0.05, 0.1) is 0 Å². The third-order valence-electron chi connectivity index (χ3n) is 12.3. The molecule has 0 spiro atoms. The van der Waals surface area contributed by atoms with Gasteiger partial charge < -0.3 is 0 Å². The lowest BCUT2D eigenvalue weighted by molar-refractivity contribution is 0.660. The fourth-order valence-corrected chi connectivity index (χ4v) is 9.38. The molecule has 0 bridgehead atoms. The molecule has 54 heavy (non-hydrogen) atoms. The van der Waals surface area contributed by atoms with Gasteiger partial charge in [0.25, 0.3) is 0 Å². The second-order valence-electron chi connectivity index (χ2n) is 16.1. The third-order valence-corrected chi connectivity index (χ3v) is 12.3. The maximum Gasteiger partial charge on any atom is 0.0159 e. The van der Waals surface area contributed by atoms with Crippen molar-refractivity contribution >= 4 is 0 Å². The van der Waals surface area contributed by atoms with E-state index in [1.165, 1.54) is 100 Å². The standard InChI is InChI=1S/C54H42/c1-53(2)49-31-37(23-27-45(49)47-29-25-39(33-51(47)53)43-21-13-11-19-41(43)35-15-7-5-8-16-35)38-24-28-46-48-30-26-40(34-52(48)54(3,4)50(46)32-38)44-22-14-12-20-42(44)36-17-9-6-10-18-36/h5-34H,1-4H3. The van der Waals surface area contributed by atoms with Gasteiger partial charge >= 0.3 is 0 Å². The number of fused-ring (bicyclic) bond motifs is 6. The van der Waals surface area contributed by atoms with Crippen molar-refractivity contribution in [2.24, 2.45) is 0 Å². The van der Waals surface area contributed by atoms with Crippen LogP contribution in [0.5, 0.6) is 0 Å². The van der Waals surface area contributed by atoms with Crippen molar-refractivity contribution in [2.45, 2.75) is 38.5 Å². The van der Waals surface area contributed by atoms with Gasteiger partial charge in [-0.25, -0.2) is 0 Å². The quantitative estimate of drug-likeness (QED) is 0.169. The average Bonchev–Trinajstić information content (AvgIpc) is 3.59. The minimum Gasteiger partial charge on any atom is -0.0622 e. The highest BCUT2D eigenvalue weighted by Crippen LogP contribution is 2.53. The lowest BCUT2D eigenvalue weighted by Gasteiger charge is -2.24. The molecule has 0 nitrogen and oxygen atoms in total. The fourth-order valence-electron chi connectivity index (χ4n) is 9.38. The van der Waals surface area contributed by atoms with Gasteiger partial charge in [-0.3, -0.25) is 0 Å². The second kappa shape index (κ2) is 12.2. The van der Waals surface area contributed by atoms with Crippen LogP contribution in [-0.2, 0) is 10.8 Å². The average molecular weight is 691 g/mol. The Morgan fingerprint density at radius 2 is 0.481 bits per heavy atom. The van der Waals surface area contributed by atoms with Crippen LogP contribution in [-0.4, -0.2) is 0 Å². The Kier molecular flexibility index (Phi) is 7.29. The first-order valence-electron chi connectivity index (χ1n) is 19.2. The summed E-state index contributed by atoms with van der Waals surface area (Å²) in [5, 5.41) is 0. The molecular formula is C54H42. The van der Waals surface area contributed by atoms with Crippen LogP contribution in [0.25, 0.3) is 77.9 Å². The predicted octanol–water partition coefficient (Wildman–Crippen LogP) is 14.6. The van der Waals surface area contributed by atoms with Gasteiger partial charge in [-0.1, -0.05) is 185 Å². The Hall–Kier alpha value is -6.24. The van der Waals surface area contributed by atoms with Crippen LogP contribution in [0.2, 0.25) is 0 Å². The molecule has 258 valence electrons. The Morgan fingerprint density at radius 3 is 0.815 bits per heavy atom. The van der Waals surface area contributed by atoms with Crippen molar-refractivity contribution in [3.8, 4) is 77.9 Å². The molecule has 0 saturated heterocycles. The molecule has 0 fully saturated rings. The van der Waals surface area contributed by atoms with Crippen LogP contribution in [0.3, 0.4) is 0 Å². The van der Waals surface area contributed by atoms with E-state index in [1.807, 2.05) is 0 Å². The first kappa shape index (κ1) is 32.4. The molecular weight excluding hydrogens is 649 g/mol. The maximum atomic E-state index is 2.46. The SMILES string of the molecule is CC1(C)c2cc(-c3ccc4c(c3)C(C)(C)c3cc(-c5ccccc5-c5ccccc5)ccc3-4)ccc2-c2ccc(-c3ccccc3-c3ccccc3)cc21. The van der Waals surface area contributed by atoms with E-state index in [4.69, 9.17) is 0 Å². The van der Waals surface area contributed by atoms with Crippen molar-refractivity contribution in [2.75, 3.05) is 0 Å². The van der Waals surface area contributed by atoms with Gasteiger partial charge in [-0.2, -0.15) is 0 Å². The lowest BCUT2D eigenvalue weighted by Crippen LogP contribution is -2.15. The summed E-state index contributed by atoms with van der Waals surface area (Å²) in [5.41, 5.74) is 23.4. The van der Waals surface area contributed by atoms with Gasteiger partial charge in [-0.15, -0.1) is 0 Å². The molecule has 0 atom stereocenters. The normalized spacial score (nSPS) is 14.2. The van der Waals surface area contributed by atoms with Gasteiger partial charge in [0, 0.05) is 10.8 Å². The zero-order valence-electron chi connectivity index (χ0n) is 31.3. The van der Waals surface area contributed by atoms with E-state index in [-0.39, 0.29) is 10.8 Å². The van der Waals surface area contributed by atoms with Crippen molar-refractivity contribution in [3.05, 3.63) is 204 Å². The molecule has 0 N–H and O–H groups in total. The van der Waals surface area contributed by atoms with Crippen LogP contribution in [0.1, 0.15) is 49.9 Å². The topological polar surface area (TPSA) is 0 Å². The van der Waals surface area contributed by atoms with Gasteiger partial charge in [0.15, 0.2) is 0 Å². The largest absolute Gasteiger partial charge is 0.0622 e. The summed E-state index contributed by atoms with van der Waals surface area (Å²) in [6.07, 6.45) is 0. The molecule has 0 amide bonds. The second-order valence-corrected chi connectivity index (χ2v) is 16.1. The Balaban J connectivity index is 0.999. The summed E-state index contributed by atoms with van der Waals surface area (Å²) in [7, 11) is 0. The lowest BCUT2D eigenvalue weighted by atomic mass is 9.79. The number of benzene rings is 8. The predicted molar refractivity (Wildman–Crippen MR) is 229 cm³/mol. The van der Waals surface area contributed by atoms with Crippen LogP contribution in [0, 0.1) is 0 Å². The highest BCUT2D eigenvalue weighted by atomic mass is 14.4. The highest BCUT2D eigenvalue weighted by molar-refractivity contribution is 5.91. The van der Waals surface area contributed by atoms with E-state index in [0.29, 0.717) is 0 Å². The van der Waals surface area contributed by atoms with Crippen molar-refractivity contribution in [3.63, 3.8) is 0 Å². The summed E-state index contributed by atoms with van der Waals surface area (Å²) in [6, 6.07) is 67.6. The van der Waals surface area contributed by atoms with Crippen LogP contribution < -0.4 is 0 Å². The molecule has 0 radical (unpaired) electrons. The van der Waals surface area contributed by atoms with E-state index in [1.54, 1.807) is 0 Å². The Bertz CT molecular complexity index is 2550. The molecule has 8 aromatic rings. The maximum absolute atomic E-state index is 2.46. The smallest absolute Gasteiger partial charge is 0.0159 e. The summed E-state index contributed by atoms with van der Waals surface area (Å²) in [6.45, 7) is 9.57. The van der Waals surface area contributed by atoms with Crippen LogP contribution in [0.4, 0.5) is 0 Å². The van der Waals surface area contributed by atoms with Crippen molar-refractivity contribution < 1.29 is 0 Å². The zero-order chi connectivity index (χ0) is 36.6. The van der Waals surface area contributed by atoms with E-state index in [9.17, 15) is 0 Å². The molecule has 8 aromatic carbocycles. The van der Waals surface area contributed by atoms with E-state index in [2.05, 4.69) is 210 Å². The molecule has 2 aliphatic rings. The number of hydrogen-bond acceptors (Lipinski definition) is 0. The summed E-state index contributed by atoms with van der Waals surface area (Å²) < 4.78 is 0. The molecule has 0 unspecified atom stereocenters. The minimum atomic E-state index is -0.128. The first-order chi connectivity index (χ1) is 26.3. The zero-order valence-corrected chi connectivity index (χ0v) is 31.3. The molecule has 2 aliphatic carbocycles. The van der Waals surface area contributed by atoms with E-state index < -0.39 is 0 Å². The van der Waals surface area contributed by atoms with Crippen LogP contribution >= 0.6 is 0 Å². The monoisotopic (exact) mass is 690 g/mol. The Labute approximate surface area is 319 Å². The summed E-state index contributed by atoms with van der Waals surface area (Å²) in [5.74, 6) is 0. The van der Waals surface area contributed by atoms with Gasteiger partial charge in [0.1, 0.15) is 0 Å². The van der Waals surface area contributed by atoms with Crippen molar-refractivity contribution in [1.29, 1.82) is 0 Å². The number of rotatable bonds is 5.